The highest BCUT2D eigenvalue weighted by molar-refractivity contribution is 6.07. The molecule has 0 fully saturated rings. The Hall–Kier alpha value is -1.63. The van der Waals surface area contributed by atoms with Crippen LogP contribution in [0.15, 0.2) is 4.99 Å². The summed E-state index contributed by atoms with van der Waals surface area (Å²) in [6.07, 6.45) is 5.49. The van der Waals surface area contributed by atoms with Crippen molar-refractivity contribution in [2.75, 3.05) is 6.54 Å². The van der Waals surface area contributed by atoms with Crippen LogP contribution in [-0.4, -0.2) is 34.9 Å². The first-order chi connectivity index (χ1) is 9.84. The number of nitrogens with zero attached hydrogens (tertiary/aromatic N) is 1. The van der Waals surface area contributed by atoms with E-state index in [0.29, 0.717) is 12.8 Å². The smallest absolute Gasteiger partial charge is 0.331 e. The number of aliphatic carboxylic acids is 1. The Morgan fingerprint density at radius 1 is 1.10 bits per heavy atom. The average molecular weight is 300 g/mol. The van der Waals surface area contributed by atoms with E-state index in [4.69, 9.17) is 17.2 Å². The highest BCUT2D eigenvalue weighted by Gasteiger charge is 2.40. The van der Waals surface area contributed by atoms with Crippen molar-refractivity contribution in [1.82, 2.24) is 0 Å². The molecule has 21 heavy (non-hydrogen) atoms. The highest BCUT2D eigenvalue weighted by atomic mass is 16.4. The van der Waals surface area contributed by atoms with Crippen molar-refractivity contribution in [2.24, 2.45) is 22.2 Å². The number of unbranched alkanes of at least 4 members (excludes halogenated alkanes) is 4. The van der Waals surface area contributed by atoms with E-state index in [9.17, 15) is 14.7 Å². The lowest BCUT2D eigenvalue weighted by Gasteiger charge is -2.22. The molecular formula is C14H28N4O3. The van der Waals surface area contributed by atoms with Crippen LogP contribution in [0, 0.1) is 0 Å². The molecule has 7 nitrogen and oxygen atoms in total. The number of hydrogen-bond donors (Lipinski definition) is 4. The van der Waals surface area contributed by atoms with Gasteiger partial charge in [0.05, 0.1) is 0 Å². The van der Waals surface area contributed by atoms with Crippen LogP contribution >= 0.6 is 0 Å². The molecule has 0 saturated carbocycles. The maximum atomic E-state index is 12.1. The number of nitrogens with two attached hydrogens (primary N) is 3. The standard InChI is InChI=1S/C14H28N4O3/c1-2-3-4-5-6-8-11(19)14(17,12(20)21)9-7-10-18-13(15)16/h2-10,17H2,1H3,(H,20,21)(H4,15,16,18)/t14-/m0/s1. The predicted molar refractivity (Wildman–Crippen MR) is 82.8 cm³/mol. The second-order valence-electron chi connectivity index (χ2n) is 5.27. The number of guanidine groups is 1. The first kappa shape index (κ1) is 19.4. The molecule has 0 aromatic rings. The number of carbonyl (C=O) groups excluding carboxylic acids is 1. The van der Waals surface area contributed by atoms with Gasteiger partial charge in [0, 0.05) is 13.0 Å². The molecular weight excluding hydrogens is 272 g/mol. The van der Waals surface area contributed by atoms with Gasteiger partial charge in [0.1, 0.15) is 0 Å². The van der Waals surface area contributed by atoms with E-state index in [1.54, 1.807) is 0 Å². The van der Waals surface area contributed by atoms with E-state index in [2.05, 4.69) is 11.9 Å². The lowest BCUT2D eigenvalue weighted by Crippen LogP contribution is -2.55. The molecule has 0 aliphatic rings. The number of carboxylic acids is 1. The summed E-state index contributed by atoms with van der Waals surface area (Å²) in [7, 11) is 0. The minimum atomic E-state index is -1.83. The lowest BCUT2D eigenvalue weighted by atomic mass is 9.87. The van der Waals surface area contributed by atoms with Crippen molar-refractivity contribution < 1.29 is 14.7 Å². The van der Waals surface area contributed by atoms with Gasteiger partial charge in [-0.05, 0) is 19.3 Å². The van der Waals surface area contributed by atoms with E-state index in [1.807, 2.05) is 0 Å². The molecule has 0 radical (unpaired) electrons. The van der Waals surface area contributed by atoms with Crippen LogP contribution in [0.4, 0.5) is 0 Å². The van der Waals surface area contributed by atoms with Crippen molar-refractivity contribution in [1.29, 1.82) is 0 Å². The van der Waals surface area contributed by atoms with Crippen LogP contribution in [0.3, 0.4) is 0 Å². The summed E-state index contributed by atoms with van der Waals surface area (Å²) in [6, 6.07) is 0. The molecule has 0 aliphatic carbocycles. The zero-order valence-corrected chi connectivity index (χ0v) is 12.8. The molecule has 0 saturated heterocycles. The van der Waals surface area contributed by atoms with E-state index in [-0.39, 0.29) is 25.3 Å². The van der Waals surface area contributed by atoms with Crippen molar-refractivity contribution in [3.8, 4) is 0 Å². The summed E-state index contributed by atoms with van der Waals surface area (Å²) < 4.78 is 0. The molecule has 7 N–H and O–H groups in total. The molecule has 0 spiro atoms. The monoisotopic (exact) mass is 300 g/mol. The molecule has 0 unspecified atom stereocenters. The second-order valence-corrected chi connectivity index (χ2v) is 5.27. The van der Waals surface area contributed by atoms with Gasteiger partial charge in [-0.1, -0.05) is 32.6 Å². The summed E-state index contributed by atoms with van der Waals surface area (Å²) in [4.78, 5) is 27.1. The Morgan fingerprint density at radius 2 is 1.71 bits per heavy atom. The Bertz CT molecular complexity index is 367. The molecule has 0 aromatic heterocycles. The summed E-state index contributed by atoms with van der Waals surface area (Å²) in [5.41, 5.74) is 14.3. The van der Waals surface area contributed by atoms with Crippen molar-refractivity contribution in [3.05, 3.63) is 0 Å². The van der Waals surface area contributed by atoms with E-state index in [1.165, 1.54) is 0 Å². The van der Waals surface area contributed by atoms with Crippen LogP contribution < -0.4 is 17.2 Å². The third-order valence-corrected chi connectivity index (χ3v) is 3.41. The third kappa shape index (κ3) is 7.65. The summed E-state index contributed by atoms with van der Waals surface area (Å²) in [5.74, 6) is -1.77. The quantitative estimate of drug-likeness (QED) is 0.181. The zero-order valence-electron chi connectivity index (χ0n) is 12.8. The minimum absolute atomic E-state index is 0.0346. The number of Topliss-reactive ketones (excluding diaryl/α,β-unsaturated/α-hetero) is 1. The Kier molecular flexibility index (Phi) is 9.36. The van der Waals surface area contributed by atoms with Crippen LogP contribution in [0.2, 0.25) is 0 Å². The summed E-state index contributed by atoms with van der Waals surface area (Å²) >= 11 is 0. The lowest BCUT2D eigenvalue weighted by molar-refractivity contribution is -0.148. The molecule has 0 aliphatic heterocycles. The van der Waals surface area contributed by atoms with Gasteiger partial charge in [0.15, 0.2) is 17.3 Å². The van der Waals surface area contributed by atoms with Crippen LogP contribution in [0.1, 0.15) is 58.3 Å². The Balaban J connectivity index is 4.32. The minimum Gasteiger partial charge on any atom is -0.480 e. The second kappa shape index (κ2) is 10.1. The van der Waals surface area contributed by atoms with Crippen LogP contribution in [0.5, 0.6) is 0 Å². The number of hydrogen-bond acceptors (Lipinski definition) is 4. The number of aliphatic imine (C=N–C) groups is 1. The fraction of sp³-hybridized carbons (Fsp3) is 0.786. The summed E-state index contributed by atoms with van der Waals surface area (Å²) in [5, 5.41) is 9.22. The first-order valence-electron chi connectivity index (χ1n) is 7.45. The van der Waals surface area contributed by atoms with Gasteiger partial charge in [0.2, 0.25) is 0 Å². The molecule has 0 heterocycles. The van der Waals surface area contributed by atoms with Gasteiger partial charge in [-0.3, -0.25) is 9.79 Å². The van der Waals surface area contributed by atoms with Crippen molar-refractivity contribution in [2.45, 2.75) is 63.8 Å². The molecule has 0 amide bonds. The number of carbonyl (C=O) groups is 2. The summed E-state index contributed by atoms with van der Waals surface area (Å²) in [6.45, 7) is 2.37. The number of carboxylic acid groups (broad SMARTS) is 1. The van der Waals surface area contributed by atoms with Gasteiger partial charge in [-0.25, -0.2) is 4.79 Å². The molecule has 1 atom stereocenters. The molecule has 122 valence electrons. The maximum Gasteiger partial charge on any atom is 0.331 e. The Labute approximate surface area is 126 Å². The SMILES string of the molecule is CCCCCCCC(=O)[C@@](N)(CCCN=C(N)N)C(=O)O. The van der Waals surface area contributed by atoms with Crippen LogP contribution in [0.25, 0.3) is 0 Å². The molecule has 0 aromatic carbocycles. The maximum absolute atomic E-state index is 12.1. The molecule has 0 bridgehead atoms. The van der Waals surface area contributed by atoms with Gasteiger partial charge in [-0.15, -0.1) is 0 Å². The predicted octanol–water partition coefficient (Wildman–Crippen LogP) is 0.752. The van der Waals surface area contributed by atoms with Crippen molar-refractivity contribution in [3.63, 3.8) is 0 Å². The van der Waals surface area contributed by atoms with Gasteiger partial charge >= 0.3 is 5.97 Å². The first-order valence-corrected chi connectivity index (χ1v) is 7.45. The highest BCUT2D eigenvalue weighted by Crippen LogP contribution is 2.17. The number of rotatable bonds is 12. The third-order valence-electron chi connectivity index (χ3n) is 3.41. The van der Waals surface area contributed by atoms with E-state index >= 15 is 0 Å². The van der Waals surface area contributed by atoms with Crippen molar-refractivity contribution >= 4 is 17.7 Å². The molecule has 0 rings (SSSR count). The topological polar surface area (TPSA) is 145 Å². The van der Waals surface area contributed by atoms with Gasteiger partial charge in [-0.2, -0.15) is 0 Å². The molecule has 7 heteroatoms. The fourth-order valence-electron chi connectivity index (χ4n) is 2.04. The average Bonchev–Trinajstić information content (AvgIpc) is 2.42. The van der Waals surface area contributed by atoms with Gasteiger partial charge < -0.3 is 22.3 Å². The fourth-order valence-corrected chi connectivity index (χ4v) is 2.04. The Morgan fingerprint density at radius 3 is 2.24 bits per heavy atom. The van der Waals surface area contributed by atoms with E-state index < -0.39 is 17.3 Å². The normalized spacial score (nSPS) is 13.4. The van der Waals surface area contributed by atoms with E-state index in [0.717, 1.165) is 25.7 Å². The van der Waals surface area contributed by atoms with Gasteiger partial charge in [0.25, 0.3) is 0 Å². The van der Waals surface area contributed by atoms with Crippen LogP contribution in [-0.2, 0) is 9.59 Å². The zero-order chi connectivity index (χ0) is 16.3. The number of ketones is 1. The largest absolute Gasteiger partial charge is 0.480 e.